The molecular formula is C25H18ClNO4S. The van der Waals surface area contributed by atoms with Crippen LogP contribution in [0.5, 0.6) is 0 Å². The van der Waals surface area contributed by atoms with Crippen LogP contribution < -0.4 is 4.90 Å². The van der Waals surface area contributed by atoms with Gasteiger partial charge in [-0.15, -0.1) is 11.3 Å². The predicted molar refractivity (Wildman–Crippen MR) is 126 cm³/mol. The molecule has 0 spiro atoms. The number of Topliss-reactive ketones (excluding diaryl/α,β-unsaturated/α-hetero) is 1. The number of thiophene rings is 1. The number of hydrogen-bond donors (Lipinski definition) is 1. The topological polar surface area (TPSA) is 70.8 Å². The van der Waals surface area contributed by atoms with Crippen molar-refractivity contribution in [3.05, 3.63) is 98.1 Å². The zero-order valence-corrected chi connectivity index (χ0v) is 18.8. The quantitative estimate of drug-likeness (QED) is 0.348. The van der Waals surface area contributed by atoms with Crippen molar-refractivity contribution >= 4 is 51.3 Å². The molecule has 1 amide bonds. The Labute approximate surface area is 193 Å². The minimum absolute atomic E-state index is 0.00325. The monoisotopic (exact) mass is 463 g/mol. The first-order valence-corrected chi connectivity index (χ1v) is 11.2. The van der Waals surface area contributed by atoms with Gasteiger partial charge in [-0.1, -0.05) is 29.8 Å². The Hall–Kier alpha value is -3.35. The first-order valence-electron chi connectivity index (χ1n) is 9.96. The number of ketones is 1. The minimum Gasteiger partial charge on any atom is -0.503 e. The lowest BCUT2D eigenvalue weighted by Crippen LogP contribution is -2.31. The molecule has 0 bridgehead atoms. The van der Waals surface area contributed by atoms with Crippen LogP contribution in [0.25, 0.3) is 11.0 Å². The summed E-state index contributed by atoms with van der Waals surface area (Å²) < 4.78 is 5.75. The van der Waals surface area contributed by atoms with Gasteiger partial charge in [-0.25, -0.2) is 0 Å². The van der Waals surface area contributed by atoms with Crippen molar-refractivity contribution in [1.82, 2.24) is 0 Å². The van der Waals surface area contributed by atoms with Crippen LogP contribution in [0.1, 0.15) is 32.6 Å². The molecule has 3 heterocycles. The van der Waals surface area contributed by atoms with E-state index in [-0.39, 0.29) is 11.3 Å². The molecule has 0 saturated carbocycles. The SMILES string of the molecule is Cc1ccc(C)c(N2C(=O)C(O)=C(C(=O)c3cc4cc(Cl)ccc4o3)C2c2cccs2)c1. The van der Waals surface area contributed by atoms with Crippen molar-refractivity contribution in [2.75, 3.05) is 4.90 Å². The molecule has 5 nitrogen and oxygen atoms in total. The first-order chi connectivity index (χ1) is 15.3. The molecule has 2 aromatic heterocycles. The van der Waals surface area contributed by atoms with Crippen LogP contribution in [0.4, 0.5) is 5.69 Å². The summed E-state index contributed by atoms with van der Waals surface area (Å²) in [7, 11) is 0. The Balaban J connectivity index is 1.66. The van der Waals surface area contributed by atoms with Crippen LogP contribution in [0.2, 0.25) is 5.02 Å². The Morgan fingerprint density at radius 1 is 1.12 bits per heavy atom. The Bertz CT molecular complexity index is 1420. The lowest BCUT2D eigenvalue weighted by atomic mass is 9.99. The molecule has 0 aliphatic carbocycles. The minimum atomic E-state index is -0.757. The van der Waals surface area contributed by atoms with E-state index in [1.54, 1.807) is 24.3 Å². The number of fused-ring (bicyclic) bond motifs is 1. The van der Waals surface area contributed by atoms with Crippen LogP contribution in [0.15, 0.2) is 75.7 Å². The molecule has 2 aromatic carbocycles. The van der Waals surface area contributed by atoms with Gasteiger partial charge in [-0.2, -0.15) is 0 Å². The third-order valence-electron chi connectivity index (χ3n) is 5.59. The molecule has 0 fully saturated rings. The Kier molecular flexibility index (Phi) is 4.92. The van der Waals surface area contributed by atoms with Crippen molar-refractivity contribution in [3.63, 3.8) is 0 Å². The smallest absolute Gasteiger partial charge is 0.294 e. The van der Waals surface area contributed by atoms with E-state index in [1.807, 2.05) is 49.6 Å². The van der Waals surface area contributed by atoms with Crippen LogP contribution in [-0.4, -0.2) is 16.8 Å². The largest absolute Gasteiger partial charge is 0.503 e. The van der Waals surface area contributed by atoms with Gasteiger partial charge in [-0.05, 0) is 66.8 Å². The van der Waals surface area contributed by atoms with E-state index in [4.69, 9.17) is 16.0 Å². The fourth-order valence-corrected chi connectivity index (χ4v) is 5.04. The van der Waals surface area contributed by atoms with Crippen LogP contribution in [0.3, 0.4) is 0 Å². The van der Waals surface area contributed by atoms with Gasteiger partial charge in [0.15, 0.2) is 11.5 Å². The number of carbonyl (C=O) groups is 2. The maximum atomic E-state index is 13.6. The van der Waals surface area contributed by atoms with E-state index in [0.717, 1.165) is 16.0 Å². The van der Waals surface area contributed by atoms with Crippen LogP contribution in [-0.2, 0) is 4.79 Å². The highest BCUT2D eigenvalue weighted by molar-refractivity contribution is 7.10. The second kappa shape index (κ2) is 7.65. The van der Waals surface area contributed by atoms with Crippen molar-refractivity contribution < 1.29 is 19.1 Å². The molecule has 160 valence electrons. The summed E-state index contributed by atoms with van der Waals surface area (Å²) in [5, 5.41) is 13.9. The zero-order chi connectivity index (χ0) is 22.6. The highest BCUT2D eigenvalue weighted by Crippen LogP contribution is 2.44. The fraction of sp³-hybridized carbons (Fsp3) is 0.120. The fourth-order valence-electron chi connectivity index (χ4n) is 4.04. The van der Waals surface area contributed by atoms with Crippen LogP contribution >= 0.6 is 22.9 Å². The normalized spacial score (nSPS) is 16.4. The lowest BCUT2D eigenvalue weighted by Gasteiger charge is -2.27. The van der Waals surface area contributed by atoms with Crippen molar-refractivity contribution in [2.24, 2.45) is 0 Å². The van der Waals surface area contributed by atoms with Gasteiger partial charge >= 0.3 is 0 Å². The highest BCUT2D eigenvalue weighted by atomic mass is 35.5. The average Bonchev–Trinajstić information content (AvgIpc) is 3.48. The van der Waals surface area contributed by atoms with E-state index < -0.39 is 23.5 Å². The number of aliphatic hydroxyl groups is 1. The second-order valence-electron chi connectivity index (χ2n) is 7.77. The van der Waals surface area contributed by atoms with E-state index in [1.165, 1.54) is 16.2 Å². The molecule has 7 heteroatoms. The number of anilines is 1. The summed E-state index contributed by atoms with van der Waals surface area (Å²) in [5.74, 6) is -1.66. The Morgan fingerprint density at radius 2 is 1.94 bits per heavy atom. The molecule has 5 rings (SSSR count). The first kappa shape index (κ1) is 20.5. The van der Waals surface area contributed by atoms with E-state index >= 15 is 0 Å². The summed E-state index contributed by atoms with van der Waals surface area (Å²) >= 11 is 7.47. The van der Waals surface area contributed by atoms with Gasteiger partial charge in [0.2, 0.25) is 5.78 Å². The number of aliphatic hydroxyl groups excluding tert-OH is 1. The van der Waals surface area contributed by atoms with Crippen molar-refractivity contribution in [1.29, 1.82) is 0 Å². The molecule has 1 N–H and O–H groups in total. The molecule has 32 heavy (non-hydrogen) atoms. The summed E-state index contributed by atoms with van der Waals surface area (Å²) in [6.45, 7) is 3.83. The molecule has 1 atom stereocenters. The number of furan rings is 1. The number of aryl methyl sites for hydroxylation is 2. The van der Waals surface area contributed by atoms with Gasteiger partial charge in [0.1, 0.15) is 11.6 Å². The zero-order valence-electron chi connectivity index (χ0n) is 17.3. The summed E-state index contributed by atoms with van der Waals surface area (Å²) in [5.41, 5.74) is 2.99. The number of hydrogen-bond acceptors (Lipinski definition) is 5. The number of rotatable bonds is 4. The van der Waals surface area contributed by atoms with E-state index in [2.05, 4.69) is 0 Å². The van der Waals surface area contributed by atoms with Gasteiger partial charge in [0, 0.05) is 21.0 Å². The molecule has 0 radical (unpaired) electrons. The third kappa shape index (κ3) is 3.23. The number of benzene rings is 2. The standard InChI is InChI=1S/C25H18ClNO4S/c1-13-5-6-14(2)17(10-13)27-22(20-4-3-9-32-20)21(24(29)25(27)30)23(28)19-12-15-11-16(26)7-8-18(15)31-19/h3-12,22,29H,1-2H3. The van der Waals surface area contributed by atoms with Crippen molar-refractivity contribution in [3.8, 4) is 0 Å². The molecule has 4 aromatic rings. The Morgan fingerprint density at radius 3 is 2.69 bits per heavy atom. The molecule has 1 aliphatic heterocycles. The molecule has 1 aliphatic rings. The maximum absolute atomic E-state index is 13.6. The highest BCUT2D eigenvalue weighted by Gasteiger charge is 2.46. The number of nitrogens with zero attached hydrogens (tertiary/aromatic N) is 1. The molecule has 0 saturated heterocycles. The third-order valence-corrected chi connectivity index (χ3v) is 6.75. The summed E-state index contributed by atoms with van der Waals surface area (Å²) in [6.07, 6.45) is 0. The van der Waals surface area contributed by atoms with Gasteiger partial charge < -0.3 is 9.52 Å². The number of amides is 1. The van der Waals surface area contributed by atoms with E-state index in [9.17, 15) is 14.7 Å². The van der Waals surface area contributed by atoms with Gasteiger partial charge in [0.25, 0.3) is 5.91 Å². The van der Waals surface area contributed by atoms with Gasteiger partial charge in [0.05, 0.1) is 5.57 Å². The number of carbonyl (C=O) groups excluding carboxylic acids is 2. The van der Waals surface area contributed by atoms with Crippen LogP contribution in [0, 0.1) is 13.8 Å². The predicted octanol–water partition coefficient (Wildman–Crippen LogP) is 6.55. The van der Waals surface area contributed by atoms with Crippen molar-refractivity contribution in [2.45, 2.75) is 19.9 Å². The number of halogens is 1. The van der Waals surface area contributed by atoms with Gasteiger partial charge in [-0.3, -0.25) is 14.5 Å². The summed E-state index contributed by atoms with van der Waals surface area (Å²) in [4.78, 5) is 29.1. The average molecular weight is 464 g/mol. The molecular weight excluding hydrogens is 446 g/mol. The molecule has 1 unspecified atom stereocenters. The maximum Gasteiger partial charge on any atom is 0.294 e. The second-order valence-corrected chi connectivity index (χ2v) is 9.18. The van der Waals surface area contributed by atoms with E-state index in [0.29, 0.717) is 21.7 Å². The summed E-state index contributed by atoms with van der Waals surface area (Å²) in [6, 6.07) is 15.4. The lowest BCUT2D eigenvalue weighted by molar-refractivity contribution is -0.117.